The molecule has 0 aromatic carbocycles. The van der Waals surface area contributed by atoms with Crippen LogP contribution in [0.4, 0.5) is 0 Å². The summed E-state index contributed by atoms with van der Waals surface area (Å²) in [7, 11) is 0. The molecule has 16 heavy (non-hydrogen) atoms. The van der Waals surface area contributed by atoms with Gasteiger partial charge < -0.3 is 15.4 Å². The number of nitrogens with zero attached hydrogens (tertiary/aromatic N) is 1. The summed E-state index contributed by atoms with van der Waals surface area (Å²) in [5, 5.41) is 0. The molecular weight excluding hydrogens is 204 g/mol. The molecule has 0 radical (unpaired) electrons. The maximum Gasteiger partial charge on any atom is 0.251 e. The van der Waals surface area contributed by atoms with Gasteiger partial charge in [-0.1, -0.05) is 13.3 Å². The van der Waals surface area contributed by atoms with Crippen molar-refractivity contribution in [3.8, 4) is 0 Å². The van der Waals surface area contributed by atoms with Crippen molar-refractivity contribution in [2.24, 2.45) is 11.7 Å². The third-order valence-corrected chi connectivity index (χ3v) is 3.82. The number of nitrogens with two attached hydrogens (primary N) is 1. The van der Waals surface area contributed by atoms with Crippen LogP contribution >= 0.6 is 0 Å². The zero-order valence-electron chi connectivity index (χ0n) is 10.0. The Labute approximate surface area is 97.1 Å². The summed E-state index contributed by atoms with van der Waals surface area (Å²) < 4.78 is 5.64. The molecule has 0 spiro atoms. The topological polar surface area (TPSA) is 55.6 Å². The molecule has 0 aliphatic carbocycles. The van der Waals surface area contributed by atoms with Crippen molar-refractivity contribution in [3.05, 3.63) is 0 Å². The van der Waals surface area contributed by atoms with Crippen LogP contribution in [-0.4, -0.2) is 42.6 Å². The number of carbonyl (C=O) groups excluding carboxylic acids is 1. The molecule has 0 bridgehead atoms. The van der Waals surface area contributed by atoms with Gasteiger partial charge in [-0.15, -0.1) is 0 Å². The molecule has 92 valence electrons. The predicted molar refractivity (Wildman–Crippen MR) is 61.9 cm³/mol. The molecule has 2 fully saturated rings. The number of amides is 1. The molecule has 2 saturated heterocycles. The van der Waals surface area contributed by atoms with E-state index in [1.165, 1.54) is 6.42 Å². The molecule has 2 heterocycles. The van der Waals surface area contributed by atoms with Gasteiger partial charge in [-0.25, -0.2) is 0 Å². The first kappa shape index (κ1) is 11.9. The maximum atomic E-state index is 12.1. The van der Waals surface area contributed by atoms with E-state index in [9.17, 15) is 4.79 Å². The molecule has 0 aromatic heterocycles. The lowest BCUT2D eigenvalue weighted by Gasteiger charge is -2.20. The summed E-state index contributed by atoms with van der Waals surface area (Å²) in [6.45, 7) is 4.55. The van der Waals surface area contributed by atoms with Gasteiger partial charge in [0.25, 0.3) is 5.91 Å². The summed E-state index contributed by atoms with van der Waals surface area (Å²) in [5.41, 5.74) is 5.54. The molecular formula is C12H22N2O2. The summed E-state index contributed by atoms with van der Waals surface area (Å²) in [5.74, 6) is 0.877. The Kier molecular flexibility index (Phi) is 3.82. The van der Waals surface area contributed by atoms with Crippen molar-refractivity contribution in [2.75, 3.05) is 19.6 Å². The van der Waals surface area contributed by atoms with E-state index in [-0.39, 0.29) is 18.1 Å². The number of ether oxygens (including phenoxy) is 1. The second-order valence-electron chi connectivity index (χ2n) is 4.91. The second-order valence-corrected chi connectivity index (χ2v) is 4.91. The first-order valence-electron chi connectivity index (χ1n) is 6.39. The van der Waals surface area contributed by atoms with Gasteiger partial charge in [-0.3, -0.25) is 4.79 Å². The third-order valence-electron chi connectivity index (χ3n) is 3.82. The fourth-order valence-electron chi connectivity index (χ4n) is 2.63. The predicted octanol–water partition coefficient (Wildman–Crippen LogP) is 0.751. The second kappa shape index (κ2) is 5.15. The summed E-state index contributed by atoms with van der Waals surface area (Å²) in [6, 6.07) is 0. The molecule has 1 amide bonds. The maximum absolute atomic E-state index is 12.1. The zero-order valence-corrected chi connectivity index (χ0v) is 10.0. The van der Waals surface area contributed by atoms with E-state index >= 15 is 0 Å². The Bertz CT molecular complexity index is 233. The number of carbonyl (C=O) groups is 1. The monoisotopic (exact) mass is 226 g/mol. The minimum absolute atomic E-state index is 0.0959. The quantitative estimate of drug-likeness (QED) is 0.772. The lowest BCUT2D eigenvalue weighted by molar-refractivity contribution is -0.141. The molecule has 0 aromatic rings. The lowest BCUT2D eigenvalue weighted by Crippen LogP contribution is -2.38. The highest BCUT2D eigenvalue weighted by molar-refractivity contribution is 5.81. The average Bonchev–Trinajstić information content (AvgIpc) is 2.97. The minimum atomic E-state index is -0.218. The molecule has 3 unspecified atom stereocenters. The van der Waals surface area contributed by atoms with Crippen LogP contribution in [0.1, 0.15) is 32.6 Å². The van der Waals surface area contributed by atoms with Crippen LogP contribution in [-0.2, 0) is 9.53 Å². The Balaban J connectivity index is 1.84. The standard InChI is InChI=1S/C12H22N2O2/c1-2-9-5-6-14(8-9)12(15)11-4-3-10(7-13)16-11/h9-11H,2-8,13H2,1H3. The van der Waals surface area contributed by atoms with E-state index in [0.717, 1.165) is 32.4 Å². The van der Waals surface area contributed by atoms with Gasteiger partial charge in [0.1, 0.15) is 6.10 Å². The van der Waals surface area contributed by atoms with Crippen molar-refractivity contribution in [3.63, 3.8) is 0 Å². The van der Waals surface area contributed by atoms with Crippen molar-refractivity contribution < 1.29 is 9.53 Å². The van der Waals surface area contributed by atoms with E-state index < -0.39 is 0 Å². The van der Waals surface area contributed by atoms with Crippen molar-refractivity contribution in [2.45, 2.75) is 44.8 Å². The van der Waals surface area contributed by atoms with Gasteiger partial charge >= 0.3 is 0 Å². The highest BCUT2D eigenvalue weighted by Gasteiger charge is 2.35. The smallest absolute Gasteiger partial charge is 0.251 e. The molecule has 3 atom stereocenters. The van der Waals surface area contributed by atoms with E-state index in [2.05, 4.69) is 6.92 Å². The van der Waals surface area contributed by atoms with Crippen LogP contribution in [0.5, 0.6) is 0 Å². The van der Waals surface area contributed by atoms with Crippen LogP contribution in [0.25, 0.3) is 0 Å². The first-order chi connectivity index (χ1) is 7.74. The van der Waals surface area contributed by atoms with Crippen molar-refractivity contribution in [1.29, 1.82) is 0 Å². The molecule has 4 nitrogen and oxygen atoms in total. The fourth-order valence-corrected chi connectivity index (χ4v) is 2.63. The Morgan fingerprint density at radius 1 is 1.44 bits per heavy atom. The van der Waals surface area contributed by atoms with Gasteiger partial charge in [0, 0.05) is 19.6 Å². The van der Waals surface area contributed by atoms with E-state index in [1.807, 2.05) is 4.90 Å². The van der Waals surface area contributed by atoms with Crippen LogP contribution in [0, 0.1) is 5.92 Å². The first-order valence-corrected chi connectivity index (χ1v) is 6.39. The SMILES string of the molecule is CCC1CCN(C(=O)C2CCC(CN)O2)C1. The summed E-state index contributed by atoms with van der Waals surface area (Å²) >= 11 is 0. The number of likely N-dealkylation sites (tertiary alicyclic amines) is 1. The molecule has 2 aliphatic heterocycles. The van der Waals surface area contributed by atoms with Gasteiger partial charge in [-0.2, -0.15) is 0 Å². The lowest BCUT2D eigenvalue weighted by atomic mass is 10.1. The van der Waals surface area contributed by atoms with E-state index in [0.29, 0.717) is 12.5 Å². The number of hydrogen-bond acceptors (Lipinski definition) is 3. The summed E-state index contributed by atoms with van der Waals surface area (Å²) in [6.07, 6.45) is 3.96. The van der Waals surface area contributed by atoms with Crippen LogP contribution in [0.15, 0.2) is 0 Å². The number of rotatable bonds is 3. The fraction of sp³-hybridized carbons (Fsp3) is 0.917. The normalized spacial score (nSPS) is 34.6. The Hall–Kier alpha value is -0.610. The van der Waals surface area contributed by atoms with Gasteiger partial charge in [0.05, 0.1) is 6.10 Å². The van der Waals surface area contributed by atoms with E-state index in [1.54, 1.807) is 0 Å². The van der Waals surface area contributed by atoms with Crippen LogP contribution in [0.3, 0.4) is 0 Å². The van der Waals surface area contributed by atoms with Gasteiger partial charge in [-0.05, 0) is 25.2 Å². The number of hydrogen-bond donors (Lipinski definition) is 1. The third kappa shape index (κ3) is 2.38. The van der Waals surface area contributed by atoms with Crippen molar-refractivity contribution >= 4 is 5.91 Å². The largest absolute Gasteiger partial charge is 0.364 e. The molecule has 2 N–H and O–H groups in total. The minimum Gasteiger partial charge on any atom is -0.364 e. The highest BCUT2D eigenvalue weighted by Crippen LogP contribution is 2.25. The molecule has 2 rings (SSSR count). The van der Waals surface area contributed by atoms with Crippen LogP contribution in [0.2, 0.25) is 0 Å². The molecule has 0 saturated carbocycles. The van der Waals surface area contributed by atoms with Crippen LogP contribution < -0.4 is 5.73 Å². The van der Waals surface area contributed by atoms with E-state index in [4.69, 9.17) is 10.5 Å². The highest BCUT2D eigenvalue weighted by atomic mass is 16.5. The van der Waals surface area contributed by atoms with Crippen molar-refractivity contribution in [1.82, 2.24) is 4.90 Å². The summed E-state index contributed by atoms with van der Waals surface area (Å²) in [4.78, 5) is 14.1. The van der Waals surface area contributed by atoms with Gasteiger partial charge in [0.15, 0.2) is 0 Å². The average molecular weight is 226 g/mol. The molecule has 2 aliphatic rings. The Morgan fingerprint density at radius 3 is 2.81 bits per heavy atom. The zero-order chi connectivity index (χ0) is 11.5. The van der Waals surface area contributed by atoms with Gasteiger partial charge in [0.2, 0.25) is 0 Å². The molecule has 4 heteroatoms. The Morgan fingerprint density at radius 2 is 2.25 bits per heavy atom.